The maximum atomic E-state index is 11.9. The molecule has 4 aliphatic rings. The Morgan fingerprint density at radius 2 is 1.71 bits per heavy atom. The van der Waals surface area contributed by atoms with Crippen LogP contribution < -0.4 is 0 Å². The van der Waals surface area contributed by atoms with Gasteiger partial charge in [-0.2, -0.15) is 0 Å². The first-order chi connectivity index (χ1) is 16.6. The van der Waals surface area contributed by atoms with Crippen LogP contribution in [0.2, 0.25) is 0 Å². The Bertz CT molecular complexity index is 740. The molecule has 5 unspecified atom stereocenters. The van der Waals surface area contributed by atoms with Gasteiger partial charge in [0.25, 0.3) is 0 Å². The van der Waals surface area contributed by atoms with Crippen molar-refractivity contribution in [2.24, 2.45) is 58.2 Å². The van der Waals surface area contributed by atoms with Crippen LogP contribution in [0.1, 0.15) is 92.4 Å². The Balaban J connectivity index is 1.64. The highest BCUT2D eigenvalue weighted by atomic mass is 16.7. The summed E-state index contributed by atoms with van der Waals surface area (Å²) in [5, 5.41) is 10.4. The monoisotopic (exact) mass is 492 g/mol. The Labute approximate surface area is 214 Å². The van der Waals surface area contributed by atoms with E-state index >= 15 is 0 Å². The summed E-state index contributed by atoms with van der Waals surface area (Å²) in [6.45, 7) is 12.6. The van der Waals surface area contributed by atoms with Crippen LogP contribution in [0.15, 0.2) is 0 Å². The summed E-state index contributed by atoms with van der Waals surface area (Å²) in [5.41, 5.74) is 0.644. The first-order valence-electron chi connectivity index (χ1n) is 14.5. The molecule has 0 aromatic heterocycles. The number of esters is 1. The average molecular weight is 493 g/mol. The molecule has 4 rings (SSSR count). The number of carbonyl (C=O) groups excluding carboxylic acids is 1. The number of hydrogen-bond donors (Lipinski definition) is 1. The maximum Gasteiger partial charge on any atom is 0.334 e. The van der Waals surface area contributed by atoms with Crippen molar-refractivity contribution < 1.29 is 24.1 Å². The van der Waals surface area contributed by atoms with Gasteiger partial charge in [0.1, 0.15) is 6.79 Å². The van der Waals surface area contributed by atoms with Crippen LogP contribution in [-0.2, 0) is 19.0 Å². The van der Waals surface area contributed by atoms with Crippen molar-refractivity contribution >= 4 is 5.97 Å². The largest absolute Gasteiger partial charge is 0.467 e. The molecule has 4 saturated carbocycles. The van der Waals surface area contributed by atoms with Gasteiger partial charge in [0, 0.05) is 7.11 Å². The van der Waals surface area contributed by atoms with Crippen LogP contribution >= 0.6 is 0 Å². The van der Waals surface area contributed by atoms with Crippen LogP contribution in [0.3, 0.4) is 0 Å². The zero-order valence-electron chi connectivity index (χ0n) is 23.4. The standard InChI is InChI=1S/C30H52O5/c1-8-20-24-15-18(2)11-13-30(24,5)23-12-14-29(4)21(19(3)16-25(31)28(32)34-7)9-10-22(29)26(23)27(20)35-17-33-6/h18-27,31H,8-17H2,1-7H3/t18-,19-,20-,21-,22?,23?,24+,25?,26?,27?,29-,30-/m1/s1. The molecule has 5 heteroatoms. The Hall–Kier alpha value is -0.650. The van der Waals surface area contributed by atoms with Crippen molar-refractivity contribution in [3.8, 4) is 0 Å². The van der Waals surface area contributed by atoms with Gasteiger partial charge in [-0.15, -0.1) is 0 Å². The van der Waals surface area contributed by atoms with Crippen LogP contribution in [0.25, 0.3) is 0 Å². The lowest BCUT2D eigenvalue weighted by Crippen LogP contribution is -2.62. The lowest BCUT2D eigenvalue weighted by Gasteiger charge is -2.65. The quantitative estimate of drug-likeness (QED) is 0.329. The van der Waals surface area contributed by atoms with E-state index < -0.39 is 12.1 Å². The van der Waals surface area contributed by atoms with E-state index in [0.717, 1.165) is 17.8 Å². The van der Waals surface area contributed by atoms with Gasteiger partial charge < -0.3 is 19.3 Å². The highest BCUT2D eigenvalue weighted by Gasteiger charge is 2.65. The molecule has 202 valence electrons. The third-order valence-corrected chi connectivity index (χ3v) is 11.9. The predicted molar refractivity (Wildman–Crippen MR) is 137 cm³/mol. The van der Waals surface area contributed by atoms with Crippen molar-refractivity contribution in [1.82, 2.24) is 0 Å². The number of ether oxygens (including phenoxy) is 3. The summed E-state index contributed by atoms with van der Waals surface area (Å²) in [6.07, 6.45) is 9.96. The number of aliphatic hydroxyl groups is 1. The summed E-state index contributed by atoms with van der Waals surface area (Å²) in [5.74, 6) is 4.39. The number of rotatable bonds is 8. The Morgan fingerprint density at radius 3 is 2.37 bits per heavy atom. The van der Waals surface area contributed by atoms with Crippen molar-refractivity contribution in [3.05, 3.63) is 0 Å². The number of aliphatic hydroxyl groups excluding tert-OH is 1. The summed E-state index contributed by atoms with van der Waals surface area (Å²) in [7, 11) is 3.11. The third-order valence-electron chi connectivity index (χ3n) is 11.9. The van der Waals surface area contributed by atoms with Crippen LogP contribution in [0.5, 0.6) is 0 Å². The van der Waals surface area contributed by atoms with E-state index in [0.29, 0.717) is 48.2 Å². The minimum Gasteiger partial charge on any atom is -0.467 e. The molecule has 12 atom stereocenters. The van der Waals surface area contributed by atoms with E-state index in [4.69, 9.17) is 14.2 Å². The minimum atomic E-state index is -1.02. The van der Waals surface area contributed by atoms with E-state index in [-0.39, 0.29) is 11.5 Å². The molecular formula is C30H52O5. The highest BCUT2D eigenvalue weighted by molar-refractivity contribution is 5.74. The molecule has 0 amide bonds. The summed E-state index contributed by atoms with van der Waals surface area (Å²) in [4.78, 5) is 11.9. The lowest BCUT2D eigenvalue weighted by atomic mass is 9.41. The molecular weight excluding hydrogens is 440 g/mol. The SMILES string of the molecule is CC[C@H]1C(OCOC)C2C3CC[C@H]([C@H](C)CC(O)C(=O)OC)[C@@]3(C)CCC2[C@@]2(C)CC[C@@H](C)C[C@@H]12. The fourth-order valence-electron chi connectivity index (χ4n) is 10.2. The van der Waals surface area contributed by atoms with Crippen molar-refractivity contribution in [3.63, 3.8) is 0 Å². The lowest BCUT2D eigenvalue weighted by molar-refractivity contribution is -0.231. The van der Waals surface area contributed by atoms with E-state index in [9.17, 15) is 9.90 Å². The average Bonchev–Trinajstić information content (AvgIpc) is 3.19. The van der Waals surface area contributed by atoms with Gasteiger partial charge in [0.05, 0.1) is 13.2 Å². The molecule has 35 heavy (non-hydrogen) atoms. The molecule has 1 N–H and O–H groups in total. The first-order valence-corrected chi connectivity index (χ1v) is 14.5. The van der Waals surface area contributed by atoms with Crippen LogP contribution in [0.4, 0.5) is 0 Å². The summed E-state index contributed by atoms with van der Waals surface area (Å²) >= 11 is 0. The van der Waals surface area contributed by atoms with Gasteiger partial charge in [0.15, 0.2) is 6.10 Å². The second-order valence-electron chi connectivity index (χ2n) is 13.4. The Morgan fingerprint density at radius 1 is 1.03 bits per heavy atom. The van der Waals surface area contributed by atoms with E-state index in [2.05, 4.69) is 34.6 Å². The molecule has 0 aromatic carbocycles. The molecule has 0 heterocycles. The fourth-order valence-corrected chi connectivity index (χ4v) is 10.2. The van der Waals surface area contributed by atoms with Gasteiger partial charge in [-0.25, -0.2) is 4.79 Å². The third kappa shape index (κ3) is 4.61. The predicted octanol–water partition coefficient (Wildman–Crippen LogP) is 6.08. The summed E-state index contributed by atoms with van der Waals surface area (Å²) < 4.78 is 17.0. The number of hydrogen-bond acceptors (Lipinski definition) is 5. The molecule has 0 bridgehead atoms. The van der Waals surface area contributed by atoms with Crippen LogP contribution in [0, 0.1) is 58.2 Å². The normalized spacial score (nSPS) is 46.7. The van der Waals surface area contributed by atoms with Gasteiger partial charge in [-0.05, 0) is 103 Å². The molecule has 0 saturated heterocycles. The molecule has 5 nitrogen and oxygen atoms in total. The fraction of sp³-hybridized carbons (Fsp3) is 0.967. The van der Waals surface area contributed by atoms with E-state index in [1.165, 1.54) is 58.5 Å². The zero-order valence-corrected chi connectivity index (χ0v) is 23.4. The first kappa shape index (κ1) is 27.4. The number of fused-ring (bicyclic) bond motifs is 5. The topological polar surface area (TPSA) is 65.0 Å². The van der Waals surface area contributed by atoms with E-state index in [1.54, 1.807) is 7.11 Å². The van der Waals surface area contributed by atoms with Gasteiger partial charge in [-0.1, -0.05) is 47.5 Å². The molecule has 0 radical (unpaired) electrons. The van der Waals surface area contributed by atoms with Crippen molar-refractivity contribution in [1.29, 1.82) is 0 Å². The molecule has 0 aliphatic heterocycles. The highest BCUT2D eigenvalue weighted by Crippen LogP contribution is 2.70. The number of methoxy groups -OCH3 is 2. The smallest absolute Gasteiger partial charge is 0.334 e. The second kappa shape index (κ2) is 10.6. The van der Waals surface area contributed by atoms with E-state index in [1.807, 2.05) is 0 Å². The van der Waals surface area contributed by atoms with Crippen LogP contribution in [-0.4, -0.2) is 44.3 Å². The molecule has 0 spiro atoms. The summed E-state index contributed by atoms with van der Waals surface area (Å²) in [6, 6.07) is 0. The maximum absolute atomic E-state index is 11.9. The van der Waals surface area contributed by atoms with Crippen molar-refractivity contribution in [2.45, 2.75) is 105 Å². The zero-order chi connectivity index (χ0) is 25.5. The molecule has 0 aromatic rings. The Kier molecular flexibility index (Phi) is 8.30. The molecule has 4 fully saturated rings. The molecule has 4 aliphatic carbocycles. The minimum absolute atomic E-state index is 0.231. The second-order valence-corrected chi connectivity index (χ2v) is 13.4. The number of carbonyl (C=O) groups is 1. The van der Waals surface area contributed by atoms with Gasteiger partial charge in [0.2, 0.25) is 0 Å². The van der Waals surface area contributed by atoms with Gasteiger partial charge >= 0.3 is 5.97 Å². The van der Waals surface area contributed by atoms with Gasteiger partial charge in [-0.3, -0.25) is 0 Å². The van der Waals surface area contributed by atoms with Crippen molar-refractivity contribution in [2.75, 3.05) is 21.0 Å².